The van der Waals surface area contributed by atoms with E-state index in [4.69, 9.17) is 4.74 Å². The molecule has 1 atom stereocenters. The second kappa shape index (κ2) is 6.02. The van der Waals surface area contributed by atoms with Gasteiger partial charge in [-0.05, 0) is 18.2 Å². The molecule has 3 N–H and O–H groups in total. The highest BCUT2D eigenvalue weighted by Gasteiger charge is 2.40. The molecule has 22 heavy (non-hydrogen) atoms. The summed E-state index contributed by atoms with van der Waals surface area (Å²) in [5, 5.41) is 15.6. The predicted molar refractivity (Wildman–Crippen MR) is 80.3 cm³/mol. The maximum atomic E-state index is 11.8. The molecule has 2 aliphatic heterocycles. The quantitative estimate of drug-likeness (QED) is 0.727. The average molecular weight is 303 g/mol. The molecule has 0 radical (unpaired) electrons. The fourth-order valence-corrected chi connectivity index (χ4v) is 2.32. The molecule has 0 aromatic carbocycles. The van der Waals surface area contributed by atoms with E-state index in [0.717, 1.165) is 0 Å². The molecule has 116 valence electrons. The SMILES string of the molecule is O=C(O)C1(Nc2ccncc2)C=CN=C(N2CCOCC2)N1. The summed E-state index contributed by atoms with van der Waals surface area (Å²) in [6.45, 7) is 2.54. The molecule has 0 aliphatic carbocycles. The summed E-state index contributed by atoms with van der Waals surface area (Å²) in [4.78, 5) is 22.0. The Bertz CT molecular complexity index is 598. The molecular weight excluding hydrogens is 286 g/mol. The zero-order chi connectivity index (χ0) is 15.4. The minimum Gasteiger partial charge on any atom is -0.478 e. The Kier molecular flexibility index (Phi) is 3.92. The highest BCUT2D eigenvalue weighted by molar-refractivity contribution is 5.94. The number of hydrogen-bond donors (Lipinski definition) is 3. The van der Waals surface area contributed by atoms with Gasteiger partial charge in [-0.2, -0.15) is 0 Å². The third kappa shape index (κ3) is 2.86. The molecule has 8 nitrogen and oxygen atoms in total. The van der Waals surface area contributed by atoms with E-state index in [2.05, 4.69) is 20.6 Å². The number of rotatable bonds is 3. The van der Waals surface area contributed by atoms with Gasteiger partial charge in [0.1, 0.15) is 0 Å². The number of anilines is 1. The third-order valence-corrected chi connectivity index (χ3v) is 3.50. The van der Waals surface area contributed by atoms with Crippen molar-refractivity contribution in [3.05, 3.63) is 36.8 Å². The van der Waals surface area contributed by atoms with Gasteiger partial charge in [0.2, 0.25) is 11.6 Å². The van der Waals surface area contributed by atoms with Gasteiger partial charge in [-0.1, -0.05) is 0 Å². The van der Waals surface area contributed by atoms with Crippen molar-refractivity contribution in [3.63, 3.8) is 0 Å². The molecule has 1 aromatic heterocycles. The lowest BCUT2D eigenvalue weighted by Crippen LogP contribution is -2.63. The minimum absolute atomic E-state index is 0.523. The lowest BCUT2D eigenvalue weighted by molar-refractivity contribution is -0.141. The van der Waals surface area contributed by atoms with Gasteiger partial charge in [-0.25, -0.2) is 9.79 Å². The summed E-state index contributed by atoms with van der Waals surface area (Å²) in [6.07, 6.45) is 6.19. The number of nitrogens with zero attached hydrogens (tertiary/aromatic N) is 3. The van der Waals surface area contributed by atoms with Gasteiger partial charge in [-0.3, -0.25) is 4.98 Å². The number of aliphatic carboxylic acids is 1. The van der Waals surface area contributed by atoms with Gasteiger partial charge in [-0.15, -0.1) is 0 Å². The molecule has 1 fully saturated rings. The summed E-state index contributed by atoms with van der Waals surface area (Å²) in [7, 11) is 0. The Labute approximate surface area is 127 Å². The van der Waals surface area contributed by atoms with Gasteiger partial charge < -0.3 is 25.4 Å². The van der Waals surface area contributed by atoms with Crippen molar-refractivity contribution in [2.75, 3.05) is 31.6 Å². The lowest BCUT2D eigenvalue weighted by Gasteiger charge is -2.37. The van der Waals surface area contributed by atoms with Crippen LogP contribution in [0.15, 0.2) is 41.8 Å². The normalized spacial score (nSPS) is 24.4. The first-order chi connectivity index (χ1) is 10.7. The number of aromatic nitrogens is 1. The fourth-order valence-electron chi connectivity index (χ4n) is 2.32. The van der Waals surface area contributed by atoms with E-state index in [-0.39, 0.29) is 0 Å². The van der Waals surface area contributed by atoms with Crippen molar-refractivity contribution in [2.45, 2.75) is 5.66 Å². The van der Waals surface area contributed by atoms with Crippen LogP contribution in [0.25, 0.3) is 0 Å². The van der Waals surface area contributed by atoms with E-state index in [0.29, 0.717) is 38.0 Å². The first-order valence-electron chi connectivity index (χ1n) is 6.98. The maximum absolute atomic E-state index is 11.8. The highest BCUT2D eigenvalue weighted by atomic mass is 16.5. The second-order valence-corrected chi connectivity index (χ2v) is 4.97. The topological polar surface area (TPSA) is 99.1 Å². The molecule has 2 aliphatic rings. The van der Waals surface area contributed by atoms with Gasteiger partial charge in [0.05, 0.1) is 13.2 Å². The maximum Gasteiger partial charge on any atom is 0.354 e. The van der Waals surface area contributed by atoms with Gasteiger partial charge in [0.15, 0.2) is 0 Å². The molecule has 0 amide bonds. The van der Waals surface area contributed by atoms with Crippen LogP contribution in [-0.4, -0.2) is 58.9 Å². The largest absolute Gasteiger partial charge is 0.478 e. The fraction of sp³-hybridized carbons (Fsp3) is 0.357. The molecule has 3 rings (SSSR count). The Morgan fingerprint density at radius 1 is 1.36 bits per heavy atom. The Hall–Kier alpha value is -2.61. The van der Waals surface area contributed by atoms with Crippen LogP contribution in [0.4, 0.5) is 5.69 Å². The summed E-state index contributed by atoms with van der Waals surface area (Å²) in [6, 6.07) is 3.42. The Balaban J connectivity index is 1.81. The minimum atomic E-state index is -1.45. The van der Waals surface area contributed by atoms with E-state index >= 15 is 0 Å². The van der Waals surface area contributed by atoms with Crippen molar-refractivity contribution in [1.29, 1.82) is 0 Å². The first kappa shape index (κ1) is 14.3. The zero-order valence-corrected chi connectivity index (χ0v) is 11.9. The number of carbonyl (C=O) groups is 1. The zero-order valence-electron chi connectivity index (χ0n) is 11.9. The molecule has 1 saturated heterocycles. The molecule has 3 heterocycles. The first-order valence-corrected chi connectivity index (χ1v) is 6.98. The number of hydrogen-bond acceptors (Lipinski definition) is 7. The van der Waals surface area contributed by atoms with Crippen LogP contribution < -0.4 is 10.6 Å². The third-order valence-electron chi connectivity index (χ3n) is 3.50. The molecule has 0 saturated carbocycles. The summed E-state index contributed by atoms with van der Waals surface area (Å²) < 4.78 is 5.30. The van der Waals surface area contributed by atoms with Crippen LogP contribution in [0.3, 0.4) is 0 Å². The molecular formula is C14H17N5O3. The number of carboxylic acids is 1. The van der Waals surface area contributed by atoms with Crippen molar-refractivity contribution < 1.29 is 14.6 Å². The van der Waals surface area contributed by atoms with E-state index in [1.807, 2.05) is 4.90 Å². The summed E-state index contributed by atoms with van der Waals surface area (Å²) in [5.41, 5.74) is -0.797. The highest BCUT2D eigenvalue weighted by Crippen LogP contribution is 2.18. The van der Waals surface area contributed by atoms with Crippen LogP contribution in [-0.2, 0) is 9.53 Å². The van der Waals surface area contributed by atoms with Crippen molar-refractivity contribution in [3.8, 4) is 0 Å². The Morgan fingerprint density at radius 3 is 2.77 bits per heavy atom. The number of pyridine rings is 1. The van der Waals surface area contributed by atoms with Crippen molar-refractivity contribution in [2.24, 2.45) is 4.99 Å². The van der Waals surface area contributed by atoms with Crippen molar-refractivity contribution in [1.82, 2.24) is 15.2 Å². The van der Waals surface area contributed by atoms with Crippen molar-refractivity contribution >= 4 is 17.6 Å². The molecule has 1 aromatic rings. The van der Waals surface area contributed by atoms with Gasteiger partial charge in [0.25, 0.3) is 0 Å². The number of guanidine groups is 1. The summed E-state index contributed by atoms with van der Waals surface area (Å²) >= 11 is 0. The standard InChI is InChI=1S/C14H17N5O3/c20-12(21)14(17-11-1-4-15-5-2-11)3-6-16-13(18-14)19-7-9-22-10-8-19/h1-6H,7-10H2,(H,15,17)(H,16,18)(H,20,21). The predicted octanol–water partition coefficient (Wildman–Crippen LogP) is 0.0795. The number of carboxylic acid groups (broad SMARTS) is 1. The van der Waals surface area contributed by atoms with E-state index in [9.17, 15) is 9.90 Å². The van der Waals surface area contributed by atoms with E-state index in [1.54, 1.807) is 24.5 Å². The van der Waals surface area contributed by atoms with Crippen LogP contribution in [0.2, 0.25) is 0 Å². The van der Waals surface area contributed by atoms with Crippen LogP contribution in [0, 0.1) is 0 Å². The number of ether oxygens (including phenoxy) is 1. The number of morpholine rings is 1. The lowest BCUT2D eigenvalue weighted by atomic mass is 10.1. The molecule has 1 unspecified atom stereocenters. The van der Waals surface area contributed by atoms with E-state index in [1.165, 1.54) is 12.3 Å². The smallest absolute Gasteiger partial charge is 0.354 e. The average Bonchev–Trinajstić information content (AvgIpc) is 2.57. The Morgan fingerprint density at radius 2 is 2.09 bits per heavy atom. The van der Waals surface area contributed by atoms with Crippen LogP contribution >= 0.6 is 0 Å². The monoisotopic (exact) mass is 303 g/mol. The van der Waals surface area contributed by atoms with Crippen LogP contribution in [0.5, 0.6) is 0 Å². The molecule has 8 heteroatoms. The van der Waals surface area contributed by atoms with E-state index < -0.39 is 11.6 Å². The van der Waals surface area contributed by atoms with Crippen LogP contribution in [0.1, 0.15) is 0 Å². The summed E-state index contributed by atoms with van der Waals surface area (Å²) in [5.74, 6) is -0.518. The number of nitrogens with one attached hydrogen (secondary N) is 2. The van der Waals surface area contributed by atoms with Gasteiger partial charge >= 0.3 is 5.97 Å². The molecule has 0 bridgehead atoms. The molecule has 0 spiro atoms. The van der Waals surface area contributed by atoms with Gasteiger partial charge in [0, 0.05) is 37.4 Å². The second-order valence-electron chi connectivity index (χ2n) is 4.97. The number of aliphatic imine (C=N–C) groups is 1.